The molecule has 0 atom stereocenters. The predicted octanol–water partition coefficient (Wildman–Crippen LogP) is 1.82. The van der Waals surface area contributed by atoms with E-state index in [4.69, 9.17) is 9.84 Å². The van der Waals surface area contributed by atoms with Gasteiger partial charge in [0.25, 0.3) is 11.8 Å². The molecule has 2 aliphatic heterocycles. The average molecular weight is 467 g/mol. The van der Waals surface area contributed by atoms with E-state index in [0.29, 0.717) is 43.2 Å². The molecule has 2 aliphatic rings. The van der Waals surface area contributed by atoms with Crippen molar-refractivity contribution in [2.24, 2.45) is 0 Å². The van der Waals surface area contributed by atoms with E-state index < -0.39 is 23.4 Å². The van der Waals surface area contributed by atoms with Gasteiger partial charge in [0.05, 0.1) is 0 Å². The molecule has 34 heavy (non-hydrogen) atoms. The van der Waals surface area contributed by atoms with E-state index in [-0.39, 0.29) is 6.61 Å². The third kappa shape index (κ3) is 4.96. The second-order valence-electron chi connectivity index (χ2n) is 8.50. The maximum atomic E-state index is 13.2. The number of barbiturate groups is 1. The maximum Gasteiger partial charge on any atom is 0.328 e. The van der Waals surface area contributed by atoms with Gasteiger partial charge < -0.3 is 14.7 Å². The Labute approximate surface area is 198 Å². The van der Waals surface area contributed by atoms with Gasteiger partial charge in [-0.15, -0.1) is 0 Å². The van der Waals surface area contributed by atoms with E-state index in [1.54, 1.807) is 24.3 Å². The molecule has 0 spiro atoms. The van der Waals surface area contributed by atoms with Crippen molar-refractivity contribution < 1.29 is 24.2 Å². The highest BCUT2D eigenvalue weighted by Gasteiger charge is 2.56. The van der Waals surface area contributed by atoms with Gasteiger partial charge in [0.1, 0.15) is 11.5 Å². The van der Waals surface area contributed by atoms with Crippen molar-refractivity contribution in [2.45, 2.75) is 24.8 Å². The molecule has 0 aromatic heterocycles. The first-order valence-electron chi connectivity index (χ1n) is 11.6. The van der Waals surface area contributed by atoms with Crippen LogP contribution in [-0.2, 0) is 15.1 Å². The second kappa shape index (κ2) is 10.8. The number of nitrogens with one attached hydrogen (secondary N) is 2. The molecule has 2 fully saturated rings. The Morgan fingerprint density at radius 2 is 1.41 bits per heavy atom. The van der Waals surface area contributed by atoms with Gasteiger partial charge in [-0.1, -0.05) is 30.3 Å². The number of ether oxygens (including phenoxy) is 1. The van der Waals surface area contributed by atoms with Crippen LogP contribution in [-0.4, -0.2) is 72.1 Å². The molecule has 4 rings (SSSR count). The summed E-state index contributed by atoms with van der Waals surface area (Å²) in [6.45, 7) is 3.50. The molecule has 0 unspecified atom stereocenters. The number of hydrogen-bond donors (Lipinski definition) is 3. The topological polar surface area (TPSA) is 111 Å². The summed E-state index contributed by atoms with van der Waals surface area (Å²) in [4.78, 5) is 42.5. The third-order valence-corrected chi connectivity index (χ3v) is 6.34. The minimum absolute atomic E-state index is 0.203. The lowest BCUT2D eigenvalue weighted by Gasteiger charge is -2.46. The molecular weight excluding hydrogens is 436 g/mol. The van der Waals surface area contributed by atoms with Crippen LogP contribution in [0.5, 0.6) is 11.5 Å². The minimum Gasteiger partial charge on any atom is -0.457 e. The zero-order chi connectivity index (χ0) is 24.0. The quantitative estimate of drug-likeness (QED) is 0.382. The highest BCUT2D eigenvalue weighted by atomic mass is 16.5. The Morgan fingerprint density at radius 1 is 0.794 bits per heavy atom. The maximum absolute atomic E-state index is 13.2. The monoisotopic (exact) mass is 466 g/mol. The molecule has 2 saturated heterocycles. The van der Waals surface area contributed by atoms with Crippen LogP contribution in [0, 0.1) is 0 Å². The van der Waals surface area contributed by atoms with Gasteiger partial charge in [-0.2, -0.15) is 0 Å². The van der Waals surface area contributed by atoms with Crippen LogP contribution in [0.2, 0.25) is 0 Å². The summed E-state index contributed by atoms with van der Waals surface area (Å²) in [5.74, 6) is -0.0342. The lowest BCUT2D eigenvalue weighted by molar-refractivity contribution is -0.150. The SMILES string of the molecule is O=C1NC(=O)C(c2ccc(Oc3ccccc3)cc2)(N2CCN(CCCCCO)CC2)C(=O)N1. The van der Waals surface area contributed by atoms with Crippen molar-refractivity contribution in [3.63, 3.8) is 0 Å². The number of piperazine rings is 1. The number of carbonyl (C=O) groups is 3. The van der Waals surface area contributed by atoms with Crippen molar-refractivity contribution in [2.75, 3.05) is 39.3 Å². The van der Waals surface area contributed by atoms with Crippen LogP contribution in [0.3, 0.4) is 0 Å². The first-order chi connectivity index (χ1) is 16.5. The van der Waals surface area contributed by atoms with Crippen LogP contribution in [0.15, 0.2) is 54.6 Å². The molecule has 0 saturated carbocycles. The van der Waals surface area contributed by atoms with Crippen molar-refractivity contribution in [1.82, 2.24) is 20.4 Å². The number of nitrogens with zero attached hydrogens (tertiary/aromatic N) is 2. The number of para-hydroxylation sites is 1. The van der Waals surface area contributed by atoms with Gasteiger partial charge >= 0.3 is 6.03 Å². The Bertz CT molecular complexity index is 984. The highest BCUT2D eigenvalue weighted by Crippen LogP contribution is 2.34. The summed E-state index contributed by atoms with van der Waals surface area (Å²) >= 11 is 0. The summed E-state index contributed by atoms with van der Waals surface area (Å²) in [5.41, 5.74) is -1.16. The fraction of sp³-hybridized carbons (Fsp3) is 0.400. The number of unbranched alkanes of at least 4 members (excludes halogenated alkanes) is 2. The number of urea groups is 1. The van der Waals surface area contributed by atoms with E-state index in [1.807, 2.05) is 35.2 Å². The molecule has 9 heteroatoms. The predicted molar refractivity (Wildman–Crippen MR) is 125 cm³/mol. The van der Waals surface area contributed by atoms with Crippen LogP contribution in [0.1, 0.15) is 24.8 Å². The Morgan fingerprint density at radius 3 is 2.03 bits per heavy atom. The largest absolute Gasteiger partial charge is 0.457 e. The fourth-order valence-corrected chi connectivity index (χ4v) is 4.57. The smallest absolute Gasteiger partial charge is 0.328 e. The van der Waals surface area contributed by atoms with Gasteiger partial charge in [0.2, 0.25) is 5.54 Å². The van der Waals surface area contributed by atoms with Gasteiger partial charge in [-0.3, -0.25) is 25.1 Å². The first-order valence-corrected chi connectivity index (χ1v) is 11.6. The Kier molecular flexibility index (Phi) is 7.56. The van der Waals surface area contributed by atoms with Crippen LogP contribution in [0.4, 0.5) is 4.79 Å². The van der Waals surface area contributed by atoms with E-state index in [9.17, 15) is 14.4 Å². The number of imide groups is 2. The number of rotatable bonds is 9. The molecule has 0 radical (unpaired) electrons. The molecule has 2 heterocycles. The van der Waals surface area contributed by atoms with E-state index in [2.05, 4.69) is 15.5 Å². The summed E-state index contributed by atoms with van der Waals surface area (Å²) < 4.78 is 5.85. The molecular formula is C25H30N4O5. The van der Waals surface area contributed by atoms with Crippen molar-refractivity contribution >= 4 is 17.8 Å². The fourth-order valence-electron chi connectivity index (χ4n) is 4.57. The van der Waals surface area contributed by atoms with Crippen LogP contribution < -0.4 is 15.4 Å². The molecule has 3 N–H and O–H groups in total. The lowest BCUT2D eigenvalue weighted by atomic mass is 9.84. The minimum atomic E-state index is -1.64. The number of carbonyl (C=O) groups excluding carboxylic acids is 3. The molecule has 180 valence electrons. The normalized spacial score (nSPS) is 18.9. The molecule has 2 aromatic carbocycles. The number of benzene rings is 2. The molecule has 0 bridgehead atoms. The number of amides is 4. The standard InChI is InChI=1S/C25H30N4O5/c30-18-6-2-5-13-28-14-16-29(17-15-28)25(22(31)26-24(33)27-23(25)32)19-9-11-21(12-10-19)34-20-7-3-1-4-8-20/h1,3-4,7-12,30H,2,5-6,13-18H2,(H2,26,27,31,32,33). The van der Waals surface area contributed by atoms with Gasteiger partial charge in [-0.25, -0.2) is 4.79 Å². The summed E-state index contributed by atoms with van der Waals surface area (Å²) in [6, 6.07) is 15.4. The zero-order valence-corrected chi connectivity index (χ0v) is 19.0. The number of aliphatic hydroxyl groups is 1. The van der Waals surface area contributed by atoms with E-state index in [1.165, 1.54) is 0 Å². The zero-order valence-electron chi connectivity index (χ0n) is 19.0. The van der Waals surface area contributed by atoms with E-state index in [0.717, 1.165) is 25.8 Å². The van der Waals surface area contributed by atoms with Gasteiger partial charge in [0, 0.05) is 32.8 Å². The summed E-state index contributed by atoms with van der Waals surface area (Å²) in [6.07, 6.45) is 2.75. The third-order valence-electron chi connectivity index (χ3n) is 6.34. The lowest BCUT2D eigenvalue weighted by Crippen LogP contribution is -2.72. The molecule has 0 aliphatic carbocycles. The van der Waals surface area contributed by atoms with Crippen molar-refractivity contribution in [3.05, 3.63) is 60.2 Å². The van der Waals surface area contributed by atoms with Crippen LogP contribution >= 0.6 is 0 Å². The number of hydrogen-bond acceptors (Lipinski definition) is 7. The van der Waals surface area contributed by atoms with Gasteiger partial charge in [-0.05, 0) is 55.6 Å². The van der Waals surface area contributed by atoms with E-state index >= 15 is 0 Å². The highest BCUT2D eigenvalue weighted by molar-refractivity contribution is 6.22. The Balaban J connectivity index is 1.54. The molecule has 2 aromatic rings. The summed E-state index contributed by atoms with van der Waals surface area (Å²) in [7, 11) is 0. The summed E-state index contributed by atoms with van der Waals surface area (Å²) in [5, 5.41) is 13.5. The number of aliphatic hydroxyl groups excluding tert-OH is 1. The first kappa shape index (κ1) is 23.9. The molecule has 4 amide bonds. The molecule has 9 nitrogen and oxygen atoms in total. The van der Waals surface area contributed by atoms with Crippen LogP contribution in [0.25, 0.3) is 0 Å². The van der Waals surface area contributed by atoms with Gasteiger partial charge in [0.15, 0.2) is 0 Å². The average Bonchev–Trinajstić information content (AvgIpc) is 2.84. The van der Waals surface area contributed by atoms with Crippen molar-refractivity contribution in [1.29, 1.82) is 0 Å². The van der Waals surface area contributed by atoms with Crippen molar-refractivity contribution in [3.8, 4) is 11.5 Å². The Hall–Kier alpha value is -3.27. The second-order valence-corrected chi connectivity index (χ2v) is 8.50.